The number of piperidine rings is 1. The maximum absolute atomic E-state index is 15.1. The number of nitriles is 1. The summed E-state index contributed by atoms with van der Waals surface area (Å²) in [5, 5.41) is 22.8. The van der Waals surface area contributed by atoms with Crippen LogP contribution in [0.25, 0.3) is 0 Å². The van der Waals surface area contributed by atoms with Gasteiger partial charge in [0.1, 0.15) is 29.7 Å². The Labute approximate surface area is 188 Å². The lowest BCUT2D eigenvalue weighted by Gasteiger charge is -2.36. The number of aryl methyl sites for hydroxylation is 1. The average molecular weight is 448 g/mol. The predicted molar refractivity (Wildman–Crippen MR) is 119 cm³/mol. The lowest BCUT2D eigenvalue weighted by molar-refractivity contribution is 0.100. The minimum absolute atomic E-state index is 0.0839. The van der Waals surface area contributed by atoms with Crippen LogP contribution in [0.15, 0.2) is 36.7 Å². The van der Waals surface area contributed by atoms with E-state index in [1.807, 2.05) is 6.07 Å². The second-order valence-corrected chi connectivity index (χ2v) is 7.48. The van der Waals surface area contributed by atoms with Gasteiger partial charge >= 0.3 is 0 Å². The van der Waals surface area contributed by atoms with Crippen molar-refractivity contribution in [3.05, 3.63) is 53.7 Å². The highest BCUT2D eigenvalue weighted by Gasteiger charge is 2.31. The van der Waals surface area contributed by atoms with E-state index in [4.69, 9.17) is 11.0 Å². The zero-order valence-corrected chi connectivity index (χ0v) is 17.7. The number of carbonyl (C=O) groups excluding carboxylic acids is 1. The molecule has 168 valence electrons. The number of anilines is 4. The molecule has 11 nitrogen and oxygen atoms in total. The molecule has 4 heterocycles. The molecule has 0 bridgehead atoms. The Morgan fingerprint density at radius 2 is 2.12 bits per heavy atom. The lowest BCUT2D eigenvalue weighted by atomic mass is 10.0. The fourth-order valence-electron chi connectivity index (χ4n) is 3.53. The van der Waals surface area contributed by atoms with Gasteiger partial charge < -0.3 is 21.3 Å². The summed E-state index contributed by atoms with van der Waals surface area (Å²) in [5.74, 6) is 1.37. The van der Waals surface area contributed by atoms with Crippen LogP contribution in [0.5, 0.6) is 0 Å². The van der Waals surface area contributed by atoms with Crippen molar-refractivity contribution in [2.45, 2.75) is 25.6 Å². The molecule has 0 spiro atoms. The molecular formula is C21H21FN10O. The van der Waals surface area contributed by atoms with Crippen molar-refractivity contribution in [3.8, 4) is 6.07 Å². The van der Waals surface area contributed by atoms with Gasteiger partial charge in [0.05, 0.1) is 23.8 Å². The standard InChI is InChI=1S/C21H21FN10O/c1-12-25-6-4-18(27-12)29-19-8-17(14(10-26-19)21(24)33)28-16-5-7-32(11-15(16)22)20-3-2-13(9-23)30-31-20/h2-4,6,8,10,15-16H,5,7,11H2,1H3,(H2,24,33)(H2,25,26,27,28,29)/t15-,16-/m1/s1. The van der Waals surface area contributed by atoms with Crippen molar-refractivity contribution >= 4 is 29.0 Å². The van der Waals surface area contributed by atoms with Crippen LogP contribution in [-0.2, 0) is 0 Å². The molecule has 0 aliphatic carbocycles. The van der Waals surface area contributed by atoms with E-state index in [0.29, 0.717) is 41.9 Å². The van der Waals surface area contributed by atoms with Crippen molar-refractivity contribution in [1.29, 1.82) is 5.26 Å². The molecule has 4 rings (SSSR count). The summed E-state index contributed by atoms with van der Waals surface area (Å²) in [5.41, 5.74) is 6.24. The molecule has 4 N–H and O–H groups in total. The highest BCUT2D eigenvalue weighted by molar-refractivity contribution is 5.98. The number of aromatic nitrogens is 5. The molecule has 1 aliphatic heterocycles. The number of nitrogens with two attached hydrogens (primary N) is 1. The second kappa shape index (κ2) is 9.39. The topological polar surface area (TPSA) is 159 Å². The van der Waals surface area contributed by atoms with Crippen LogP contribution < -0.4 is 21.3 Å². The molecule has 12 heteroatoms. The van der Waals surface area contributed by atoms with Gasteiger partial charge in [0.25, 0.3) is 5.91 Å². The molecule has 0 aromatic carbocycles. The minimum atomic E-state index is -1.26. The summed E-state index contributed by atoms with van der Waals surface area (Å²) in [6.07, 6.45) is 2.14. The Morgan fingerprint density at radius 1 is 1.27 bits per heavy atom. The first-order valence-electron chi connectivity index (χ1n) is 10.2. The number of nitrogens with one attached hydrogen (secondary N) is 2. The van der Waals surface area contributed by atoms with E-state index in [9.17, 15) is 4.79 Å². The fourth-order valence-corrected chi connectivity index (χ4v) is 3.53. The summed E-state index contributed by atoms with van der Waals surface area (Å²) < 4.78 is 15.1. The van der Waals surface area contributed by atoms with Crippen molar-refractivity contribution in [2.75, 3.05) is 28.6 Å². The molecule has 33 heavy (non-hydrogen) atoms. The van der Waals surface area contributed by atoms with Crippen molar-refractivity contribution in [1.82, 2.24) is 25.1 Å². The van der Waals surface area contributed by atoms with E-state index in [-0.39, 0.29) is 17.8 Å². The second-order valence-electron chi connectivity index (χ2n) is 7.48. The Morgan fingerprint density at radius 3 is 2.79 bits per heavy atom. The third kappa shape index (κ3) is 5.09. The highest BCUT2D eigenvalue weighted by Crippen LogP contribution is 2.26. The number of amides is 1. The third-order valence-electron chi connectivity index (χ3n) is 5.17. The molecular weight excluding hydrogens is 427 g/mol. The highest BCUT2D eigenvalue weighted by atomic mass is 19.1. The number of hydrogen-bond donors (Lipinski definition) is 3. The lowest BCUT2D eigenvalue weighted by Crippen LogP contribution is -2.48. The number of halogens is 1. The van der Waals surface area contributed by atoms with E-state index >= 15 is 4.39 Å². The maximum Gasteiger partial charge on any atom is 0.252 e. The van der Waals surface area contributed by atoms with Crippen LogP contribution >= 0.6 is 0 Å². The number of hydrogen-bond acceptors (Lipinski definition) is 10. The van der Waals surface area contributed by atoms with Crippen LogP contribution in [0.4, 0.5) is 27.5 Å². The molecule has 0 radical (unpaired) electrons. The van der Waals surface area contributed by atoms with Crippen LogP contribution in [0, 0.1) is 18.3 Å². The van der Waals surface area contributed by atoms with Crippen molar-refractivity contribution in [3.63, 3.8) is 0 Å². The number of carbonyl (C=O) groups is 1. The number of primary amides is 1. The van der Waals surface area contributed by atoms with E-state index in [1.54, 1.807) is 42.3 Å². The smallest absolute Gasteiger partial charge is 0.252 e. The van der Waals surface area contributed by atoms with Gasteiger partial charge in [-0.15, -0.1) is 10.2 Å². The van der Waals surface area contributed by atoms with Crippen molar-refractivity contribution in [2.24, 2.45) is 5.73 Å². The molecule has 1 fully saturated rings. The Hall–Kier alpha value is -4.40. The van der Waals surface area contributed by atoms with Crippen molar-refractivity contribution < 1.29 is 9.18 Å². The summed E-state index contributed by atoms with van der Waals surface area (Å²) >= 11 is 0. The van der Waals surface area contributed by atoms with E-state index < -0.39 is 18.1 Å². The zero-order chi connectivity index (χ0) is 23.4. The van der Waals surface area contributed by atoms with Gasteiger partial charge in [0.15, 0.2) is 11.5 Å². The molecule has 0 saturated carbocycles. The van der Waals surface area contributed by atoms with Crippen LogP contribution in [0.3, 0.4) is 0 Å². The first-order valence-corrected chi connectivity index (χ1v) is 10.2. The first-order chi connectivity index (χ1) is 15.9. The van der Waals surface area contributed by atoms with E-state index in [1.165, 1.54) is 6.20 Å². The largest absolute Gasteiger partial charge is 0.378 e. The molecule has 3 aromatic rings. The molecule has 1 saturated heterocycles. The number of pyridine rings is 1. The first kappa shape index (κ1) is 21.8. The minimum Gasteiger partial charge on any atom is -0.378 e. The van der Waals surface area contributed by atoms with Gasteiger partial charge in [-0.3, -0.25) is 4.79 Å². The molecule has 3 aromatic heterocycles. The number of nitrogens with zero attached hydrogens (tertiary/aromatic N) is 7. The Kier molecular flexibility index (Phi) is 6.21. The van der Waals surface area contributed by atoms with Crippen LogP contribution in [-0.4, -0.2) is 56.4 Å². The number of alkyl halides is 1. The summed E-state index contributed by atoms with van der Waals surface area (Å²) in [4.78, 5) is 26.2. The van der Waals surface area contributed by atoms with E-state index in [2.05, 4.69) is 35.8 Å². The SMILES string of the molecule is Cc1nccc(Nc2cc(N[C@@H]3CCN(c4ccc(C#N)nn4)C[C@H]3F)c(C(N)=O)cn2)n1. The molecule has 2 atom stereocenters. The number of rotatable bonds is 6. The van der Waals surface area contributed by atoms with Gasteiger partial charge in [0, 0.05) is 25.0 Å². The predicted octanol–water partition coefficient (Wildman–Crippen LogP) is 1.71. The van der Waals surface area contributed by atoms with Gasteiger partial charge in [-0.1, -0.05) is 0 Å². The molecule has 1 amide bonds. The van der Waals surface area contributed by atoms with Gasteiger partial charge in [-0.05, 0) is 31.5 Å². The van der Waals surface area contributed by atoms with Crippen LogP contribution in [0.1, 0.15) is 28.3 Å². The van der Waals surface area contributed by atoms with E-state index in [0.717, 1.165) is 0 Å². The molecule has 0 unspecified atom stereocenters. The van der Waals surface area contributed by atoms with Gasteiger partial charge in [-0.25, -0.2) is 19.3 Å². The summed E-state index contributed by atoms with van der Waals surface area (Å²) in [6.45, 7) is 2.36. The summed E-state index contributed by atoms with van der Waals surface area (Å²) in [6, 6.07) is 7.83. The van der Waals surface area contributed by atoms with Gasteiger partial charge in [0.2, 0.25) is 0 Å². The monoisotopic (exact) mass is 448 g/mol. The summed E-state index contributed by atoms with van der Waals surface area (Å²) in [7, 11) is 0. The Balaban J connectivity index is 1.49. The average Bonchev–Trinajstić information content (AvgIpc) is 2.80. The van der Waals surface area contributed by atoms with Crippen LogP contribution in [0.2, 0.25) is 0 Å². The molecule has 1 aliphatic rings. The maximum atomic E-state index is 15.1. The fraction of sp³-hybridized carbons (Fsp3) is 0.286. The third-order valence-corrected chi connectivity index (χ3v) is 5.17. The zero-order valence-electron chi connectivity index (χ0n) is 17.7. The van der Waals surface area contributed by atoms with Gasteiger partial charge in [-0.2, -0.15) is 5.26 Å². The normalized spacial score (nSPS) is 17.8. The Bertz CT molecular complexity index is 1200. The quantitative estimate of drug-likeness (QED) is 0.507.